The van der Waals surface area contributed by atoms with Crippen LogP contribution in [-0.2, 0) is 25.9 Å². The second-order valence-electron chi connectivity index (χ2n) is 5.28. The van der Waals surface area contributed by atoms with E-state index < -0.39 is 0 Å². The fourth-order valence-electron chi connectivity index (χ4n) is 2.35. The number of nitrogens with zero attached hydrogens (tertiary/aromatic N) is 3. The first-order chi connectivity index (χ1) is 10.2. The van der Waals surface area contributed by atoms with E-state index in [1.165, 1.54) is 5.56 Å². The van der Waals surface area contributed by atoms with Crippen LogP contribution in [0.1, 0.15) is 55.9 Å². The van der Waals surface area contributed by atoms with Crippen molar-refractivity contribution in [3.05, 3.63) is 34.8 Å². The lowest BCUT2D eigenvalue weighted by Crippen LogP contribution is -2.13. The molecule has 0 bridgehead atoms. The molecule has 0 aliphatic rings. The Hall–Kier alpha value is -1.62. The second kappa shape index (κ2) is 7.41. The predicted molar refractivity (Wildman–Crippen MR) is 83.3 cm³/mol. The van der Waals surface area contributed by atoms with E-state index in [1.807, 2.05) is 11.6 Å². The molecule has 0 saturated heterocycles. The van der Waals surface area contributed by atoms with E-state index in [-0.39, 0.29) is 0 Å². The molecule has 0 aliphatic carbocycles. The SMILES string of the molecule is CCCNCc1cc(Cn2nc(CC)nc2CC)c(C)o1. The van der Waals surface area contributed by atoms with Gasteiger partial charge in [-0.05, 0) is 26.0 Å². The average molecular weight is 290 g/mol. The molecule has 1 N–H and O–H groups in total. The Morgan fingerprint density at radius 3 is 2.71 bits per heavy atom. The summed E-state index contributed by atoms with van der Waals surface area (Å²) in [5, 5.41) is 7.93. The van der Waals surface area contributed by atoms with Crippen LogP contribution in [0.25, 0.3) is 0 Å². The predicted octanol–water partition coefficient (Wildman–Crippen LogP) is 2.85. The molecule has 2 aromatic rings. The van der Waals surface area contributed by atoms with Gasteiger partial charge in [-0.2, -0.15) is 5.10 Å². The molecule has 0 aliphatic heterocycles. The number of hydrogen-bond acceptors (Lipinski definition) is 4. The van der Waals surface area contributed by atoms with Crippen LogP contribution in [0.4, 0.5) is 0 Å². The highest BCUT2D eigenvalue weighted by Gasteiger charge is 2.12. The van der Waals surface area contributed by atoms with Gasteiger partial charge in [0.1, 0.15) is 17.3 Å². The molecule has 2 rings (SSSR count). The minimum absolute atomic E-state index is 0.735. The second-order valence-corrected chi connectivity index (χ2v) is 5.28. The fraction of sp³-hybridized carbons (Fsp3) is 0.625. The Balaban J connectivity index is 2.10. The minimum Gasteiger partial charge on any atom is -0.465 e. The molecule has 21 heavy (non-hydrogen) atoms. The van der Waals surface area contributed by atoms with Crippen LogP contribution in [0.15, 0.2) is 10.5 Å². The number of aromatic nitrogens is 3. The molecule has 2 aromatic heterocycles. The Morgan fingerprint density at radius 1 is 1.24 bits per heavy atom. The molecule has 0 fully saturated rings. The van der Waals surface area contributed by atoms with Crippen molar-refractivity contribution in [3.63, 3.8) is 0 Å². The molecule has 0 saturated carbocycles. The molecule has 116 valence electrons. The maximum absolute atomic E-state index is 5.82. The quantitative estimate of drug-likeness (QED) is 0.760. The lowest BCUT2D eigenvalue weighted by Gasteiger charge is -2.02. The zero-order valence-corrected chi connectivity index (χ0v) is 13.6. The van der Waals surface area contributed by atoms with E-state index in [1.54, 1.807) is 0 Å². The molecule has 0 amide bonds. The third kappa shape index (κ3) is 3.94. The van der Waals surface area contributed by atoms with Gasteiger partial charge < -0.3 is 9.73 Å². The van der Waals surface area contributed by atoms with E-state index in [4.69, 9.17) is 4.42 Å². The van der Waals surface area contributed by atoms with Crippen molar-refractivity contribution in [2.75, 3.05) is 6.54 Å². The van der Waals surface area contributed by atoms with E-state index in [0.717, 1.165) is 62.1 Å². The van der Waals surface area contributed by atoms with Gasteiger partial charge >= 0.3 is 0 Å². The summed E-state index contributed by atoms with van der Waals surface area (Å²) in [7, 11) is 0. The van der Waals surface area contributed by atoms with Gasteiger partial charge in [-0.3, -0.25) is 0 Å². The summed E-state index contributed by atoms with van der Waals surface area (Å²) in [6.07, 6.45) is 2.90. The minimum atomic E-state index is 0.735. The molecule has 5 heteroatoms. The molecule has 2 heterocycles. The van der Waals surface area contributed by atoms with Crippen molar-refractivity contribution in [1.29, 1.82) is 0 Å². The molecule has 0 spiro atoms. The van der Waals surface area contributed by atoms with Crippen LogP contribution in [0.3, 0.4) is 0 Å². The number of nitrogens with one attached hydrogen (secondary N) is 1. The summed E-state index contributed by atoms with van der Waals surface area (Å²) < 4.78 is 7.82. The molecule has 0 unspecified atom stereocenters. The van der Waals surface area contributed by atoms with Gasteiger partial charge in [-0.25, -0.2) is 9.67 Å². The van der Waals surface area contributed by atoms with Gasteiger partial charge in [-0.1, -0.05) is 20.8 Å². The standard InChI is InChI=1S/C16H26N4O/c1-5-8-17-10-14-9-13(12(4)21-14)11-20-16(7-3)18-15(6-2)19-20/h9,17H,5-8,10-11H2,1-4H3. The van der Waals surface area contributed by atoms with Gasteiger partial charge in [-0.15, -0.1) is 0 Å². The maximum Gasteiger partial charge on any atom is 0.150 e. The van der Waals surface area contributed by atoms with Gasteiger partial charge in [0.2, 0.25) is 0 Å². The summed E-state index contributed by atoms with van der Waals surface area (Å²) in [5.41, 5.74) is 1.19. The Morgan fingerprint density at radius 2 is 2.05 bits per heavy atom. The van der Waals surface area contributed by atoms with E-state index in [2.05, 4.69) is 42.2 Å². The lowest BCUT2D eigenvalue weighted by molar-refractivity contribution is 0.458. The lowest BCUT2D eigenvalue weighted by atomic mass is 10.2. The number of hydrogen-bond donors (Lipinski definition) is 1. The molecule has 5 nitrogen and oxygen atoms in total. The summed E-state index contributed by atoms with van der Waals surface area (Å²) in [6, 6.07) is 2.13. The normalized spacial score (nSPS) is 11.2. The number of aryl methyl sites for hydroxylation is 3. The van der Waals surface area contributed by atoms with Crippen LogP contribution in [-0.4, -0.2) is 21.3 Å². The summed E-state index contributed by atoms with van der Waals surface area (Å²) >= 11 is 0. The highest BCUT2D eigenvalue weighted by molar-refractivity contribution is 5.21. The van der Waals surface area contributed by atoms with Crippen molar-refractivity contribution < 1.29 is 4.42 Å². The molecule has 0 atom stereocenters. The first-order valence-corrected chi connectivity index (χ1v) is 7.89. The van der Waals surface area contributed by atoms with E-state index in [0.29, 0.717) is 0 Å². The van der Waals surface area contributed by atoms with E-state index >= 15 is 0 Å². The third-order valence-corrected chi connectivity index (χ3v) is 3.54. The topological polar surface area (TPSA) is 55.9 Å². The maximum atomic E-state index is 5.82. The summed E-state index contributed by atoms with van der Waals surface area (Å²) in [6.45, 7) is 10.9. The van der Waals surface area contributed by atoms with Gasteiger partial charge in [0.25, 0.3) is 0 Å². The van der Waals surface area contributed by atoms with Crippen LogP contribution in [0.5, 0.6) is 0 Å². The summed E-state index contributed by atoms with van der Waals surface area (Å²) in [4.78, 5) is 4.55. The Kier molecular flexibility index (Phi) is 5.56. The summed E-state index contributed by atoms with van der Waals surface area (Å²) in [5.74, 6) is 3.92. The van der Waals surface area contributed by atoms with E-state index in [9.17, 15) is 0 Å². The molecular weight excluding hydrogens is 264 g/mol. The largest absolute Gasteiger partial charge is 0.465 e. The van der Waals surface area contributed by atoms with Gasteiger partial charge in [0.15, 0.2) is 5.82 Å². The van der Waals surface area contributed by atoms with Crippen molar-refractivity contribution >= 4 is 0 Å². The highest BCUT2D eigenvalue weighted by Crippen LogP contribution is 2.16. The first-order valence-electron chi connectivity index (χ1n) is 7.89. The monoisotopic (exact) mass is 290 g/mol. The van der Waals surface area contributed by atoms with Gasteiger partial charge in [0, 0.05) is 18.4 Å². The molecule has 0 radical (unpaired) electrons. The van der Waals surface area contributed by atoms with Crippen molar-refractivity contribution in [3.8, 4) is 0 Å². The smallest absolute Gasteiger partial charge is 0.150 e. The Labute approximate surface area is 126 Å². The third-order valence-electron chi connectivity index (χ3n) is 3.54. The zero-order valence-electron chi connectivity index (χ0n) is 13.6. The van der Waals surface area contributed by atoms with Crippen molar-refractivity contribution in [2.24, 2.45) is 0 Å². The van der Waals surface area contributed by atoms with Crippen LogP contribution < -0.4 is 5.32 Å². The van der Waals surface area contributed by atoms with Crippen LogP contribution in [0, 0.1) is 6.92 Å². The van der Waals surface area contributed by atoms with Gasteiger partial charge in [0.05, 0.1) is 13.1 Å². The van der Waals surface area contributed by atoms with Crippen molar-refractivity contribution in [1.82, 2.24) is 20.1 Å². The zero-order chi connectivity index (χ0) is 15.2. The van der Waals surface area contributed by atoms with Crippen LogP contribution in [0.2, 0.25) is 0 Å². The van der Waals surface area contributed by atoms with Crippen molar-refractivity contribution in [2.45, 2.75) is 60.0 Å². The highest BCUT2D eigenvalue weighted by atomic mass is 16.3. The number of furan rings is 1. The molecular formula is C16H26N4O. The van der Waals surface area contributed by atoms with Crippen LogP contribution >= 0.6 is 0 Å². The molecule has 0 aromatic carbocycles. The number of rotatable bonds is 8. The first kappa shape index (κ1) is 15.8. The average Bonchev–Trinajstić information content (AvgIpc) is 3.03. The fourth-order valence-corrected chi connectivity index (χ4v) is 2.35. The Bertz CT molecular complexity index is 571.